The van der Waals surface area contributed by atoms with Crippen molar-refractivity contribution in [2.75, 3.05) is 12.3 Å². The minimum atomic E-state index is -0.409. The molecule has 1 fully saturated rings. The van der Waals surface area contributed by atoms with E-state index in [1.54, 1.807) is 25.1 Å². The molecule has 0 saturated carbocycles. The molecular formula is C16H23NO4. The van der Waals surface area contributed by atoms with Crippen molar-refractivity contribution in [3.63, 3.8) is 0 Å². The Morgan fingerprint density at radius 3 is 2.62 bits per heavy atom. The van der Waals surface area contributed by atoms with E-state index in [0.29, 0.717) is 23.6 Å². The second kappa shape index (κ2) is 6.80. The van der Waals surface area contributed by atoms with Gasteiger partial charge in [-0.1, -0.05) is 0 Å². The first-order valence-corrected chi connectivity index (χ1v) is 7.38. The van der Waals surface area contributed by atoms with Crippen molar-refractivity contribution in [1.82, 2.24) is 0 Å². The predicted octanol–water partition coefficient (Wildman–Crippen LogP) is 2.78. The number of benzene rings is 1. The Balaban J connectivity index is 2.17. The van der Waals surface area contributed by atoms with Gasteiger partial charge in [-0.15, -0.1) is 0 Å². The second-order valence-electron chi connectivity index (χ2n) is 5.44. The van der Waals surface area contributed by atoms with E-state index in [-0.39, 0.29) is 18.3 Å². The van der Waals surface area contributed by atoms with Crippen LogP contribution >= 0.6 is 0 Å². The number of hydrogen-bond donors (Lipinski definition) is 1. The number of anilines is 1. The molecule has 1 aliphatic heterocycles. The van der Waals surface area contributed by atoms with Gasteiger partial charge in [-0.3, -0.25) is 0 Å². The fourth-order valence-electron chi connectivity index (χ4n) is 2.64. The van der Waals surface area contributed by atoms with Gasteiger partial charge >= 0.3 is 5.97 Å². The van der Waals surface area contributed by atoms with Crippen molar-refractivity contribution in [2.24, 2.45) is 0 Å². The Kier molecular flexibility index (Phi) is 5.07. The Morgan fingerprint density at radius 1 is 1.33 bits per heavy atom. The summed E-state index contributed by atoms with van der Waals surface area (Å²) in [5.74, 6) is 0.113. The molecule has 0 aromatic heterocycles. The van der Waals surface area contributed by atoms with Crippen LogP contribution < -0.4 is 10.5 Å². The van der Waals surface area contributed by atoms with E-state index in [1.807, 2.05) is 13.8 Å². The van der Waals surface area contributed by atoms with Gasteiger partial charge in [-0.25, -0.2) is 4.79 Å². The number of nitrogens with two attached hydrogens (primary N) is 1. The van der Waals surface area contributed by atoms with Crippen LogP contribution in [0, 0.1) is 0 Å². The zero-order chi connectivity index (χ0) is 15.4. The summed E-state index contributed by atoms with van der Waals surface area (Å²) in [7, 11) is 0. The van der Waals surface area contributed by atoms with Gasteiger partial charge in [-0.05, 0) is 39.0 Å². The summed E-state index contributed by atoms with van der Waals surface area (Å²) in [6.45, 7) is 6.15. The lowest BCUT2D eigenvalue weighted by Crippen LogP contribution is -2.36. The molecule has 0 bridgehead atoms. The highest BCUT2D eigenvalue weighted by Gasteiger charge is 2.27. The highest BCUT2D eigenvalue weighted by Crippen LogP contribution is 2.28. The van der Waals surface area contributed by atoms with Crippen molar-refractivity contribution >= 4 is 11.7 Å². The molecule has 0 aliphatic carbocycles. The summed E-state index contributed by atoms with van der Waals surface area (Å²) in [5.41, 5.74) is 6.65. The molecule has 1 aromatic rings. The zero-order valence-corrected chi connectivity index (χ0v) is 12.8. The number of rotatable bonds is 4. The summed E-state index contributed by atoms with van der Waals surface area (Å²) in [5, 5.41) is 0. The number of ether oxygens (including phenoxy) is 3. The van der Waals surface area contributed by atoms with E-state index < -0.39 is 5.97 Å². The summed E-state index contributed by atoms with van der Waals surface area (Å²) in [6, 6.07) is 5.05. The van der Waals surface area contributed by atoms with Crippen LogP contribution in [-0.2, 0) is 9.47 Å². The minimum Gasteiger partial charge on any atom is -0.489 e. The number of esters is 1. The molecule has 1 saturated heterocycles. The summed E-state index contributed by atoms with van der Waals surface area (Å²) in [4.78, 5) is 12.0. The lowest BCUT2D eigenvalue weighted by molar-refractivity contribution is -0.0722. The van der Waals surface area contributed by atoms with Crippen LogP contribution in [0.1, 0.15) is 44.0 Å². The van der Waals surface area contributed by atoms with Crippen molar-refractivity contribution < 1.29 is 19.0 Å². The molecule has 5 heteroatoms. The van der Waals surface area contributed by atoms with E-state index in [1.165, 1.54) is 0 Å². The smallest absolute Gasteiger partial charge is 0.341 e. The Labute approximate surface area is 125 Å². The monoisotopic (exact) mass is 293 g/mol. The fraction of sp³-hybridized carbons (Fsp3) is 0.562. The molecule has 0 spiro atoms. The van der Waals surface area contributed by atoms with Crippen molar-refractivity contribution in [2.45, 2.75) is 51.9 Å². The summed E-state index contributed by atoms with van der Waals surface area (Å²) in [6.07, 6.45) is 1.94. The molecular weight excluding hydrogens is 270 g/mol. The fourth-order valence-corrected chi connectivity index (χ4v) is 2.64. The lowest BCUT2D eigenvalue weighted by atomic mass is 10.0. The van der Waals surface area contributed by atoms with Crippen molar-refractivity contribution in [3.05, 3.63) is 23.8 Å². The zero-order valence-electron chi connectivity index (χ0n) is 12.8. The average Bonchev–Trinajstić information content (AvgIpc) is 2.40. The first-order chi connectivity index (χ1) is 9.99. The van der Waals surface area contributed by atoms with Gasteiger partial charge in [0.05, 0.1) is 18.8 Å². The first kappa shape index (κ1) is 15.6. The highest BCUT2D eigenvalue weighted by molar-refractivity contribution is 5.93. The van der Waals surface area contributed by atoms with Gasteiger partial charge in [0.15, 0.2) is 0 Å². The molecule has 116 valence electrons. The van der Waals surface area contributed by atoms with Crippen LogP contribution in [0.3, 0.4) is 0 Å². The van der Waals surface area contributed by atoms with Gasteiger partial charge in [0, 0.05) is 18.5 Å². The summed E-state index contributed by atoms with van der Waals surface area (Å²) < 4.78 is 16.8. The molecule has 1 heterocycles. The van der Waals surface area contributed by atoms with Crippen LogP contribution in [0.25, 0.3) is 0 Å². The third-order valence-electron chi connectivity index (χ3n) is 3.45. The SMILES string of the molecule is CCOC(=O)c1cc(N)ccc1OC1CC(C)OC(C)C1. The molecule has 1 aromatic carbocycles. The molecule has 0 amide bonds. The molecule has 2 atom stereocenters. The number of carbonyl (C=O) groups is 1. The molecule has 1 aliphatic rings. The number of nitrogen functional groups attached to an aromatic ring is 1. The highest BCUT2D eigenvalue weighted by atomic mass is 16.5. The second-order valence-corrected chi connectivity index (χ2v) is 5.44. The van der Waals surface area contributed by atoms with Gasteiger partial charge in [0.25, 0.3) is 0 Å². The van der Waals surface area contributed by atoms with Crippen molar-refractivity contribution in [3.8, 4) is 5.75 Å². The van der Waals surface area contributed by atoms with E-state index in [4.69, 9.17) is 19.9 Å². The summed E-state index contributed by atoms with van der Waals surface area (Å²) >= 11 is 0. The Morgan fingerprint density at radius 2 is 2.00 bits per heavy atom. The van der Waals surface area contributed by atoms with Gasteiger partial charge < -0.3 is 19.9 Å². The van der Waals surface area contributed by atoms with Crippen molar-refractivity contribution in [1.29, 1.82) is 0 Å². The quantitative estimate of drug-likeness (QED) is 0.682. The molecule has 2 rings (SSSR count). The first-order valence-electron chi connectivity index (χ1n) is 7.38. The Hall–Kier alpha value is -1.75. The molecule has 21 heavy (non-hydrogen) atoms. The molecule has 0 radical (unpaired) electrons. The van der Waals surface area contributed by atoms with E-state index in [0.717, 1.165) is 12.8 Å². The maximum atomic E-state index is 12.0. The topological polar surface area (TPSA) is 70.8 Å². The van der Waals surface area contributed by atoms with E-state index >= 15 is 0 Å². The molecule has 5 nitrogen and oxygen atoms in total. The third-order valence-corrected chi connectivity index (χ3v) is 3.45. The van der Waals surface area contributed by atoms with Gasteiger partial charge in [0.1, 0.15) is 17.4 Å². The molecule has 2 unspecified atom stereocenters. The van der Waals surface area contributed by atoms with Crippen LogP contribution in [0.2, 0.25) is 0 Å². The third kappa shape index (κ3) is 4.11. The van der Waals surface area contributed by atoms with Crippen LogP contribution in [-0.4, -0.2) is 30.9 Å². The maximum Gasteiger partial charge on any atom is 0.341 e. The van der Waals surface area contributed by atoms with Gasteiger partial charge in [-0.2, -0.15) is 0 Å². The van der Waals surface area contributed by atoms with Crippen LogP contribution in [0.5, 0.6) is 5.75 Å². The minimum absolute atomic E-state index is 0.0283. The van der Waals surface area contributed by atoms with E-state index in [2.05, 4.69) is 0 Å². The number of hydrogen-bond acceptors (Lipinski definition) is 5. The largest absolute Gasteiger partial charge is 0.489 e. The average molecular weight is 293 g/mol. The van der Waals surface area contributed by atoms with Crippen LogP contribution in [0.4, 0.5) is 5.69 Å². The Bertz CT molecular complexity index is 493. The number of carbonyl (C=O) groups excluding carboxylic acids is 1. The van der Waals surface area contributed by atoms with E-state index in [9.17, 15) is 4.79 Å². The van der Waals surface area contributed by atoms with Crippen LogP contribution in [0.15, 0.2) is 18.2 Å². The molecule has 2 N–H and O–H groups in total. The maximum absolute atomic E-state index is 12.0. The lowest BCUT2D eigenvalue weighted by Gasteiger charge is -2.32. The normalized spacial score (nSPS) is 25.4. The van der Waals surface area contributed by atoms with Gasteiger partial charge in [0.2, 0.25) is 0 Å². The predicted molar refractivity (Wildman–Crippen MR) is 80.5 cm³/mol. The standard InChI is InChI=1S/C16H23NO4/c1-4-19-16(18)14-9-12(17)5-6-15(14)21-13-7-10(2)20-11(3)8-13/h5-6,9-11,13H,4,7-8,17H2,1-3H3.